The molecule has 1 saturated heterocycles. The van der Waals surface area contributed by atoms with Crippen molar-refractivity contribution in [1.29, 1.82) is 5.26 Å². The molecule has 0 amide bonds. The highest BCUT2D eigenvalue weighted by atomic mass is 16.5. The maximum atomic E-state index is 9.61. The van der Waals surface area contributed by atoms with Gasteiger partial charge in [0, 0.05) is 25.3 Å². The molecule has 2 N–H and O–H groups in total. The van der Waals surface area contributed by atoms with Gasteiger partial charge < -0.3 is 19.9 Å². The van der Waals surface area contributed by atoms with Crippen LogP contribution in [0.1, 0.15) is 18.4 Å². The fraction of sp³-hybridized carbons (Fsp3) is 0.533. The van der Waals surface area contributed by atoms with Crippen LogP contribution in [0.5, 0.6) is 5.75 Å². The van der Waals surface area contributed by atoms with Gasteiger partial charge in [-0.2, -0.15) is 5.26 Å². The summed E-state index contributed by atoms with van der Waals surface area (Å²) in [5, 5.41) is 21.6. The Labute approximate surface area is 119 Å². The summed E-state index contributed by atoms with van der Waals surface area (Å²) in [5.41, 5.74) is 0.821. The summed E-state index contributed by atoms with van der Waals surface area (Å²) >= 11 is 0. The van der Waals surface area contributed by atoms with Gasteiger partial charge in [0.25, 0.3) is 0 Å². The molecule has 108 valence electrons. The van der Waals surface area contributed by atoms with Crippen molar-refractivity contribution in [3.8, 4) is 11.8 Å². The fourth-order valence-corrected chi connectivity index (χ4v) is 2.30. The largest absolute Gasteiger partial charge is 0.479 e. The van der Waals surface area contributed by atoms with E-state index in [0.29, 0.717) is 25.5 Å². The van der Waals surface area contributed by atoms with E-state index in [-0.39, 0.29) is 18.8 Å². The number of aliphatic hydroxyl groups is 1. The van der Waals surface area contributed by atoms with Crippen LogP contribution in [0.3, 0.4) is 0 Å². The molecule has 0 unspecified atom stereocenters. The number of nitriles is 1. The van der Waals surface area contributed by atoms with Crippen molar-refractivity contribution in [1.82, 2.24) is 5.32 Å². The van der Waals surface area contributed by atoms with E-state index in [0.717, 1.165) is 18.4 Å². The molecule has 0 aliphatic carbocycles. The summed E-state index contributed by atoms with van der Waals surface area (Å²) in [5.74, 6) is 0.691. The highest BCUT2D eigenvalue weighted by Gasteiger charge is 2.31. The van der Waals surface area contributed by atoms with Crippen molar-refractivity contribution >= 4 is 0 Å². The first-order valence-electron chi connectivity index (χ1n) is 6.80. The van der Waals surface area contributed by atoms with Crippen LogP contribution in [-0.4, -0.2) is 37.1 Å². The first-order chi connectivity index (χ1) is 9.78. The van der Waals surface area contributed by atoms with E-state index in [1.54, 1.807) is 0 Å². The molecule has 5 nitrogen and oxygen atoms in total. The van der Waals surface area contributed by atoms with Gasteiger partial charge in [0.15, 0.2) is 6.61 Å². The molecule has 1 fully saturated rings. The Morgan fingerprint density at radius 2 is 2.20 bits per heavy atom. The molecule has 1 aliphatic rings. The van der Waals surface area contributed by atoms with Crippen LogP contribution in [0.2, 0.25) is 0 Å². The Morgan fingerprint density at radius 3 is 2.90 bits per heavy atom. The lowest BCUT2D eigenvalue weighted by Crippen LogP contribution is -2.51. The maximum absolute atomic E-state index is 9.61. The van der Waals surface area contributed by atoms with E-state index in [1.165, 1.54) is 0 Å². The van der Waals surface area contributed by atoms with Crippen LogP contribution >= 0.6 is 0 Å². The van der Waals surface area contributed by atoms with E-state index in [2.05, 4.69) is 5.32 Å². The molecule has 20 heavy (non-hydrogen) atoms. The first kappa shape index (κ1) is 14.8. The van der Waals surface area contributed by atoms with Gasteiger partial charge >= 0.3 is 0 Å². The van der Waals surface area contributed by atoms with Crippen LogP contribution in [0, 0.1) is 11.3 Å². The maximum Gasteiger partial charge on any atom is 0.174 e. The molecule has 0 aromatic heterocycles. The van der Waals surface area contributed by atoms with Gasteiger partial charge in [-0.25, -0.2) is 0 Å². The topological polar surface area (TPSA) is 74.5 Å². The van der Waals surface area contributed by atoms with Gasteiger partial charge in [0.2, 0.25) is 0 Å². The average molecular weight is 276 g/mol. The molecule has 0 bridgehead atoms. The monoisotopic (exact) mass is 276 g/mol. The molecule has 2 rings (SSSR count). The second-order valence-corrected chi connectivity index (χ2v) is 5.00. The molecule has 1 aliphatic heterocycles. The summed E-state index contributed by atoms with van der Waals surface area (Å²) in [7, 11) is 0. The Hall–Kier alpha value is -1.61. The molecule has 0 spiro atoms. The third kappa shape index (κ3) is 3.94. The third-order valence-corrected chi connectivity index (χ3v) is 3.62. The molecule has 0 radical (unpaired) electrons. The van der Waals surface area contributed by atoms with Crippen LogP contribution in [0.25, 0.3) is 0 Å². The Morgan fingerprint density at radius 1 is 1.40 bits per heavy atom. The second-order valence-electron chi connectivity index (χ2n) is 5.00. The van der Waals surface area contributed by atoms with E-state index in [4.69, 9.17) is 14.7 Å². The number of benzene rings is 1. The average Bonchev–Trinajstić information content (AvgIpc) is 2.52. The number of nitrogens with one attached hydrogen (secondary N) is 1. The summed E-state index contributed by atoms with van der Waals surface area (Å²) < 4.78 is 10.6. The van der Waals surface area contributed by atoms with Gasteiger partial charge in [0.05, 0.1) is 6.61 Å². The zero-order valence-electron chi connectivity index (χ0n) is 11.5. The predicted molar refractivity (Wildman–Crippen MR) is 74.3 cm³/mol. The first-order valence-corrected chi connectivity index (χ1v) is 6.80. The number of rotatable bonds is 6. The van der Waals surface area contributed by atoms with Crippen LogP contribution < -0.4 is 10.1 Å². The molecule has 1 aromatic rings. The Balaban J connectivity index is 1.94. The number of aliphatic hydroxyl groups excluding tert-OH is 1. The number of hydrogen-bond donors (Lipinski definition) is 2. The smallest absolute Gasteiger partial charge is 0.174 e. The standard InChI is InChI=1S/C15H20N2O3/c16-6-9-20-14-3-1-2-13(10-14)11-17-15(12-18)4-7-19-8-5-15/h1-3,10,17-18H,4-5,7-9,11-12H2. The highest BCUT2D eigenvalue weighted by molar-refractivity contribution is 5.28. The number of nitrogens with zero attached hydrogens (tertiary/aromatic N) is 1. The third-order valence-electron chi connectivity index (χ3n) is 3.62. The van der Waals surface area contributed by atoms with E-state index >= 15 is 0 Å². The quantitative estimate of drug-likeness (QED) is 0.817. The van der Waals surface area contributed by atoms with E-state index in [1.807, 2.05) is 30.3 Å². The lowest BCUT2D eigenvalue weighted by molar-refractivity contribution is 0.0111. The fourth-order valence-electron chi connectivity index (χ4n) is 2.30. The van der Waals surface area contributed by atoms with Crippen molar-refractivity contribution in [2.45, 2.75) is 24.9 Å². The number of hydrogen-bond acceptors (Lipinski definition) is 5. The van der Waals surface area contributed by atoms with Crippen molar-refractivity contribution < 1.29 is 14.6 Å². The van der Waals surface area contributed by atoms with Crippen molar-refractivity contribution in [2.24, 2.45) is 0 Å². The van der Waals surface area contributed by atoms with E-state index in [9.17, 15) is 5.11 Å². The van der Waals surface area contributed by atoms with Crippen molar-refractivity contribution in [2.75, 3.05) is 26.4 Å². The van der Waals surface area contributed by atoms with Gasteiger partial charge in [-0.3, -0.25) is 0 Å². The molecule has 0 saturated carbocycles. The van der Waals surface area contributed by atoms with Crippen molar-refractivity contribution in [3.63, 3.8) is 0 Å². The van der Waals surface area contributed by atoms with Gasteiger partial charge in [-0.15, -0.1) is 0 Å². The summed E-state index contributed by atoms with van der Waals surface area (Å²) in [4.78, 5) is 0. The van der Waals surface area contributed by atoms with Gasteiger partial charge in [-0.1, -0.05) is 12.1 Å². The van der Waals surface area contributed by atoms with Gasteiger partial charge in [-0.05, 0) is 30.5 Å². The molecule has 0 atom stereocenters. The van der Waals surface area contributed by atoms with Crippen LogP contribution in [-0.2, 0) is 11.3 Å². The lowest BCUT2D eigenvalue weighted by atomic mass is 9.90. The normalized spacial score (nSPS) is 17.4. The van der Waals surface area contributed by atoms with Crippen molar-refractivity contribution in [3.05, 3.63) is 29.8 Å². The summed E-state index contributed by atoms with van der Waals surface area (Å²) in [6.07, 6.45) is 1.63. The molecular weight excluding hydrogens is 256 g/mol. The predicted octanol–water partition coefficient (Wildman–Crippen LogP) is 1.22. The minimum absolute atomic E-state index is 0.0504. The second kappa shape index (κ2) is 7.25. The van der Waals surface area contributed by atoms with Crippen LogP contribution in [0.15, 0.2) is 24.3 Å². The minimum Gasteiger partial charge on any atom is -0.479 e. The zero-order valence-corrected chi connectivity index (χ0v) is 11.5. The van der Waals surface area contributed by atoms with Gasteiger partial charge in [0.1, 0.15) is 11.8 Å². The number of ether oxygens (including phenoxy) is 2. The lowest BCUT2D eigenvalue weighted by Gasteiger charge is -2.36. The summed E-state index contributed by atoms with van der Waals surface area (Å²) in [6, 6.07) is 9.59. The zero-order chi connectivity index (χ0) is 14.3. The molecule has 1 heterocycles. The molecular formula is C15H20N2O3. The van der Waals surface area contributed by atoms with E-state index < -0.39 is 0 Å². The SMILES string of the molecule is N#CCOc1cccc(CNC2(CO)CCOCC2)c1. The molecule has 1 aromatic carbocycles. The Kier molecular flexibility index (Phi) is 5.36. The minimum atomic E-state index is -0.248. The van der Waals surface area contributed by atoms with Crippen LogP contribution in [0.4, 0.5) is 0 Å². The Bertz CT molecular complexity index is 464. The summed E-state index contributed by atoms with van der Waals surface area (Å²) in [6.45, 7) is 2.18. The highest BCUT2D eigenvalue weighted by Crippen LogP contribution is 2.21. The molecule has 5 heteroatoms.